The van der Waals surface area contributed by atoms with Crippen molar-refractivity contribution < 1.29 is 9.13 Å². The average Bonchev–Trinajstić information content (AvgIpc) is 2.11. The first-order chi connectivity index (χ1) is 7.45. The van der Waals surface area contributed by atoms with Gasteiger partial charge in [0, 0.05) is 0 Å². The number of hydrogen-bond donors (Lipinski definition) is 0. The van der Waals surface area contributed by atoms with Gasteiger partial charge in [0.1, 0.15) is 11.6 Å². The van der Waals surface area contributed by atoms with Crippen molar-refractivity contribution in [2.75, 3.05) is 0 Å². The van der Waals surface area contributed by atoms with Crippen molar-refractivity contribution in [2.45, 2.75) is 39.7 Å². The van der Waals surface area contributed by atoms with E-state index in [4.69, 9.17) is 4.74 Å². The van der Waals surface area contributed by atoms with E-state index in [1.165, 1.54) is 12.1 Å². The maximum Gasteiger partial charge on any atom is 0.123 e. The van der Waals surface area contributed by atoms with E-state index in [2.05, 4.69) is 20.8 Å². The Kier molecular flexibility index (Phi) is 2.92. The summed E-state index contributed by atoms with van der Waals surface area (Å²) in [5.41, 5.74) is 0.378. The van der Waals surface area contributed by atoms with E-state index in [-0.39, 0.29) is 5.82 Å². The monoisotopic (exact) mass is 222 g/mol. The molecule has 88 valence electrons. The molecule has 0 heterocycles. The smallest absolute Gasteiger partial charge is 0.123 e. The molecule has 0 N–H and O–H groups in total. The van der Waals surface area contributed by atoms with E-state index >= 15 is 0 Å². The Morgan fingerprint density at radius 1 is 1.12 bits per heavy atom. The standard InChI is InChI=1S/C14H19FO/c1-14(2,3)10-8-13(9-10)16-12-6-4-11(15)5-7-12/h4-7,10,13H,8-9H2,1-3H3. The van der Waals surface area contributed by atoms with Gasteiger partial charge in [-0.3, -0.25) is 0 Å². The summed E-state index contributed by atoms with van der Waals surface area (Å²) >= 11 is 0. The van der Waals surface area contributed by atoms with E-state index < -0.39 is 0 Å². The van der Waals surface area contributed by atoms with Crippen molar-refractivity contribution in [3.05, 3.63) is 30.1 Å². The average molecular weight is 222 g/mol. The van der Waals surface area contributed by atoms with Crippen LogP contribution in [0.15, 0.2) is 24.3 Å². The SMILES string of the molecule is CC(C)(C)C1CC(Oc2ccc(F)cc2)C1. The number of halogens is 1. The Morgan fingerprint density at radius 3 is 2.19 bits per heavy atom. The largest absolute Gasteiger partial charge is 0.490 e. The highest BCUT2D eigenvalue weighted by molar-refractivity contribution is 5.22. The summed E-state index contributed by atoms with van der Waals surface area (Å²) in [5, 5.41) is 0. The first-order valence-corrected chi connectivity index (χ1v) is 5.87. The molecular formula is C14H19FO. The van der Waals surface area contributed by atoms with Gasteiger partial charge < -0.3 is 4.74 Å². The quantitative estimate of drug-likeness (QED) is 0.734. The molecule has 1 saturated carbocycles. The topological polar surface area (TPSA) is 9.23 Å². The van der Waals surface area contributed by atoms with Gasteiger partial charge in [0.2, 0.25) is 0 Å². The van der Waals surface area contributed by atoms with Crippen molar-refractivity contribution in [1.29, 1.82) is 0 Å². The highest BCUT2D eigenvalue weighted by Gasteiger charge is 2.38. The first kappa shape index (κ1) is 11.4. The Bertz CT molecular complexity index is 344. The molecule has 1 aliphatic carbocycles. The molecule has 1 fully saturated rings. The molecule has 1 aromatic carbocycles. The highest BCUT2D eigenvalue weighted by atomic mass is 19.1. The van der Waals surface area contributed by atoms with Crippen LogP contribution in [0.3, 0.4) is 0 Å². The first-order valence-electron chi connectivity index (χ1n) is 5.87. The Morgan fingerprint density at radius 2 is 1.69 bits per heavy atom. The molecule has 0 aromatic heterocycles. The number of hydrogen-bond acceptors (Lipinski definition) is 1. The molecule has 0 saturated heterocycles. The lowest BCUT2D eigenvalue weighted by Gasteiger charge is -2.43. The third kappa shape index (κ3) is 2.55. The van der Waals surface area contributed by atoms with Crippen molar-refractivity contribution >= 4 is 0 Å². The van der Waals surface area contributed by atoms with E-state index in [1.54, 1.807) is 12.1 Å². The van der Waals surface area contributed by atoms with Gasteiger partial charge in [-0.15, -0.1) is 0 Å². The molecule has 0 atom stereocenters. The molecule has 1 aromatic rings. The van der Waals surface area contributed by atoms with Gasteiger partial charge in [-0.1, -0.05) is 20.8 Å². The third-order valence-electron chi connectivity index (χ3n) is 3.44. The van der Waals surface area contributed by atoms with Gasteiger partial charge in [0.05, 0.1) is 6.10 Å². The predicted molar refractivity (Wildman–Crippen MR) is 63.0 cm³/mol. The highest BCUT2D eigenvalue weighted by Crippen LogP contribution is 2.42. The lowest BCUT2D eigenvalue weighted by atomic mass is 9.67. The summed E-state index contributed by atoms with van der Waals surface area (Å²) < 4.78 is 18.4. The van der Waals surface area contributed by atoms with Crippen LogP contribution < -0.4 is 4.74 Å². The molecule has 2 rings (SSSR count). The van der Waals surface area contributed by atoms with E-state index in [9.17, 15) is 4.39 Å². The Balaban J connectivity index is 1.84. The normalized spacial score (nSPS) is 25.0. The summed E-state index contributed by atoms with van der Waals surface area (Å²) in [7, 11) is 0. The van der Waals surface area contributed by atoms with Gasteiger partial charge in [0.15, 0.2) is 0 Å². The van der Waals surface area contributed by atoms with E-state index in [0.717, 1.165) is 24.5 Å². The van der Waals surface area contributed by atoms with Crippen molar-refractivity contribution in [3.63, 3.8) is 0 Å². The molecule has 0 bridgehead atoms. The second kappa shape index (κ2) is 4.08. The molecule has 0 unspecified atom stereocenters. The minimum atomic E-state index is -0.214. The number of benzene rings is 1. The summed E-state index contributed by atoms with van der Waals surface area (Å²) in [4.78, 5) is 0. The van der Waals surface area contributed by atoms with Gasteiger partial charge >= 0.3 is 0 Å². The zero-order valence-electron chi connectivity index (χ0n) is 10.2. The molecule has 16 heavy (non-hydrogen) atoms. The van der Waals surface area contributed by atoms with Crippen LogP contribution in [0.4, 0.5) is 4.39 Å². The fourth-order valence-electron chi connectivity index (χ4n) is 2.07. The van der Waals surface area contributed by atoms with E-state index in [1.807, 2.05) is 0 Å². The van der Waals surface area contributed by atoms with Crippen LogP contribution in [0.2, 0.25) is 0 Å². The zero-order valence-corrected chi connectivity index (χ0v) is 10.2. The molecule has 0 radical (unpaired) electrons. The van der Waals surface area contributed by atoms with Crippen LogP contribution in [-0.4, -0.2) is 6.10 Å². The van der Waals surface area contributed by atoms with Crippen LogP contribution in [0.5, 0.6) is 5.75 Å². The summed E-state index contributed by atoms with van der Waals surface area (Å²) in [6.45, 7) is 6.81. The zero-order chi connectivity index (χ0) is 11.8. The lowest BCUT2D eigenvalue weighted by Crippen LogP contribution is -2.40. The number of rotatable bonds is 2. The molecule has 1 nitrogen and oxygen atoms in total. The van der Waals surface area contributed by atoms with Crippen molar-refractivity contribution in [3.8, 4) is 5.75 Å². The maximum absolute atomic E-state index is 12.7. The fraction of sp³-hybridized carbons (Fsp3) is 0.571. The van der Waals surface area contributed by atoms with Crippen LogP contribution >= 0.6 is 0 Å². The van der Waals surface area contributed by atoms with Gasteiger partial charge in [0.25, 0.3) is 0 Å². The minimum Gasteiger partial charge on any atom is -0.490 e. The van der Waals surface area contributed by atoms with E-state index in [0.29, 0.717) is 11.5 Å². The molecule has 0 aliphatic heterocycles. The molecule has 0 amide bonds. The van der Waals surface area contributed by atoms with Crippen LogP contribution in [0.25, 0.3) is 0 Å². The van der Waals surface area contributed by atoms with Gasteiger partial charge in [-0.05, 0) is 48.4 Å². The minimum absolute atomic E-state index is 0.214. The Hall–Kier alpha value is -1.05. The maximum atomic E-state index is 12.7. The van der Waals surface area contributed by atoms with Gasteiger partial charge in [-0.25, -0.2) is 4.39 Å². The number of ether oxygens (including phenoxy) is 1. The summed E-state index contributed by atoms with van der Waals surface area (Å²) in [6, 6.07) is 6.27. The van der Waals surface area contributed by atoms with Crippen molar-refractivity contribution in [2.24, 2.45) is 11.3 Å². The second-order valence-corrected chi connectivity index (χ2v) is 5.73. The van der Waals surface area contributed by atoms with Crippen molar-refractivity contribution in [1.82, 2.24) is 0 Å². The fourth-order valence-corrected chi connectivity index (χ4v) is 2.07. The van der Waals surface area contributed by atoms with Gasteiger partial charge in [-0.2, -0.15) is 0 Å². The summed E-state index contributed by atoms with van der Waals surface area (Å²) in [6.07, 6.45) is 2.54. The predicted octanol–water partition coefficient (Wildman–Crippen LogP) is 4.03. The molecule has 2 heteroatoms. The second-order valence-electron chi connectivity index (χ2n) is 5.73. The Labute approximate surface area is 96.6 Å². The summed E-state index contributed by atoms with van der Waals surface area (Å²) in [5.74, 6) is 1.31. The molecule has 1 aliphatic rings. The van der Waals surface area contributed by atoms with Crippen LogP contribution in [0, 0.1) is 17.2 Å². The molecular weight excluding hydrogens is 203 g/mol. The molecule has 0 spiro atoms. The lowest BCUT2D eigenvalue weighted by molar-refractivity contribution is 0.00729. The third-order valence-corrected chi connectivity index (χ3v) is 3.44. The van der Waals surface area contributed by atoms with Crippen LogP contribution in [0.1, 0.15) is 33.6 Å². The van der Waals surface area contributed by atoms with Crippen LogP contribution in [-0.2, 0) is 0 Å².